The Labute approximate surface area is 236 Å². The third kappa shape index (κ3) is 4.62. The van der Waals surface area contributed by atoms with E-state index in [4.69, 9.17) is 14.5 Å². The lowest BCUT2D eigenvalue weighted by atomic mass is 9.94. The Balaban J connectivity index is 1.47. The van der Waals surface area contributed by atoms with Gasteiger partial charge in [-0.1, -0.05) is 42.9 Å². The zero-order valence-corrected chi connectivity index (χ0v) is 23.5. The maximum absolute atomic E-state index is 13.6. The van der Waals surface area contributed by atoms with E-state index in [1.54, 1.807) is 12.1 Å². The molecule has 8 heteroatoms. The highest BCUT2D eigenvalue weighted by molar-refractivity contribution is 7.22. The van der Waals surface area contributed by atoms with Gasteiger partial charge in [0.25, 0.3) is 5.78 Å². The van der Waals surface area contributed by atoms with Crippen LogP contribution in [-0.2, 0) is 16.0 Å². The number of thiazole rings is 1. The molecule has 0 saturated carbocycles. The minimum absolute atomic E-state index is 0.0343. The molecule has 1 saturated heterocycles. The maximum atomic E-state index is 13.6. The Morgan fingerprint density at radius 2 is 1.93 bits per heavy atom. The average molecular weight is 555 g/mol. The fraction of sp³-hybridized carbons (Fsp3) is 0.281. The van der Waals surface area contributed by atoms with Gasteiger partial charge in [-0.15, -0.1) is 0 Å². The van der Waals surface area contributed by atoms with Crippen LogP contribution in [0, 0.1) is 6.92 Å². The third-order valence-corrected chi connectivity index (χ3v) is 8.33. The number of ketones is 1. The van der Waals surface area contributed by atoms with Gasteiger partial charge in [-0.05, 0) is 79.4 Å². The van der Waals surface area contributed by atoms with Crippen LogP contribution in [0.4, 0.5) is 5.13 Å². The van der Waals surface area contributed by atoms with Crippen molar-refractivity contribution in [3.05, 3.63) is 88.5 Å². The summed E-state index contributed by atoms with van der Waals surface area (Å²) in [7, 11) is 0. The number of Topliss-reactive ketones (excluding diaryl/α,β-unsaturated/α-hetero) is 1. The molecular weight excluding hydrogens is 524 g/mol. The number of amides is 1. The summed E-state index contributed by atoms with van der Waals surface area (Å²) in [6, 6.07) is 17.7. The number of aryl methyl sites for hydroxylation is 1. The van der Waals surface area contributed by atoms with Gasteiger partial charge in [-0.3, -0.25) is 14.5 Å². The molecule has 0 unspecified atom stereocenters. The first kappa shape index (κ1) is 26.1. The highest BCUT2D eigenvalue weighted by Crippen LogP contribution is 2.45. The first-order valence-electron chi connectivity index (χ1n) is 13.5. The number of nitrogens with zero attached hydrogens (tertiary/aromatic N) is 2. The van der Waals surface area contributed by atoms with Crippen LogP contribution in [0.25, 0.3) is 16.0 Å². The van der Waals surface area contributed by atoms with Crippen molar-refractivity contribution in [2.45, 2.75) is 52.2 Å². The Morgan fingerprint density at radius 3 is 2.70 bits per heavy atom. The van der Waals surface area contributed by atoms with Gasteiger partial charge in [0.15, 0.2) is 5.13 Å². The number of aliphatic hydroxyl groups excluding tert-OH is 1. The topological polar surface area (TPSA) is 89.0 Å². The zero-order chi connectivity index (χ0) is 28.0. The number of benzene rings is 3. The molecule has 0 radical (unpaired) electrons. The fourth-order valence-corrected chi connectivity index (χ4v) is 6.36. The molecule has 7 nitrogen and oxygen atoms in total. The summed E-state index contributed by atoms with van der Waals surface area (Å²) in [6.45, 7) is 6.70. The molecule has 6 rings (SSSR count). The number of carbonyl (C=O) groups excluding carboxylic acids is 2. The number of aliphatic hydroxyl groups is 1. The smallest absolute Gasteiger partial charge is 0.301 e. The predicted octanol–water partition coefficient (Wildman–Crippen LogP) is 6.73. The van der Waals surface area contributed by atoms with Gasteiger partial charge < -0.3 is 14.6 Å². The number of hydrogen-bond acceptors (Lipinski definition) is 7. The second-order valence-corrected chi connectivity index (χ2v) is 11.4. The fourth-order valence-electron chi connectivity index (χ4n) is 5.27. The van der Waals surface area contributed by atoms with Gasteiger partial charge in [0.05, 0.1) is 28.4 Å². The molecule has 1 N–H and O–H groups in total. The normalized spacial score (nSPS) is 19.7. The summed E-state index contributed by atoms with van der Waals surface area (Å²) in [6.07, 6.45) is 2.73. The van der Waals surface area contributed by atoms with Crippen molar-refractivity contribution >= 4 is 44.1 Å². The van der Waals surface area contributed by atoms with E-state index >= 15 is 0 Å². The SMILES string of the molecule is CCCCOc1ccc([C@H]2/C(=C(\O)c3ccc4c(c3)C[C@@H](C)O4)C(=O)C(=O)N2c2nc3ccc(C)cc3s2)cc1. The molecule has 1 amide bonds. The molecule has 0 spiro atoms. The summed E-state index contributed by atoms with van der Waals surface area (Å²) in [5, 5.41) is 12.0. The van der Waals surface area contributed by atoms with Crippen LogP contribution in [0.1, 0.15) is 55.0 Å². The predicted molar refractivity (Wildman–Crippen MR) is 156 cm³/mol. The number of ether oxygens (including phenoxy) is 2. The molecule has 0 bridgehead atoms. The van der Waals surface area contributed by atoms with Gasteiger partial charge in [0.1, 0.15) is 23.4 Å². The van der Waals surface area contributed by atoms with Gasteiger partial charge in [0.2, 0.25) is 0 Å². The van der Waals surface area contributed by atoms with Crippen molar-refractivity contribution in [3.8, 4) is 11.5 Å². The van der Waals surface area contributed by atoms with E-state index in [0.717, 1.165) is 39.9 Å². The van der Waals surface area contributed by atoms with Crippen LogP contribution in [0.15, 0.2) is 66.2 Å². The first-order chi connectivity index (χ1) is 19.3. The number of aromatic nitrogens is 1. The summed E-state index contributed by atoms with van der Waals surface area (Å²) >= 11 is 1.35. The summed E-state index contributed by atoms with van der Waals surface area (Å²) in [5.74, 6) is -0.203. The van der Waals surface area contributed by atoms with Crippen molar-refractivity contribution < 1.29 is 24.2 Å². The zero-order valence-electron chi connectivity index (χ0n) is 22.6. The van der Waals surface area contributed by atoms with Crippen molar-refractivity contribution in [3.63, 3.8) is 0 Å². The van der Waals surface area contributed by atoms with Crippen molar-refractivity contribution in [2.75, 3.05) is 11.5 Å². The minimum Gasteiger partial charge on any atom is -0.507 e. The quantitative estimate of drug-likeness (QED) is 0.118. The number of unbranched alkanes of at least 4 members (excludes halogenated alkanes) is 1. The molecule has 1 aromatic heterocycles. The van der Waals surface area contributed by atoms with E-state index < -0.39 is 17.7 Å². The Bertz CT molecular complexity index is 1660. The van der Waals surface area contributed by atoms with E-state index in [1.807, 2.05) is 62.4 Å². The summed E-state index contributed by atoms with van der Waals surface area (Å²) in [5.41, 5.74) is 3.97. The minimum atomic E-state index is -0.852. The van der Waals surface area contributed by atoms with E-state index in [-0.39, 0.29) is 17.4 Å². The monoisotopic (exact) mass is 554 g/mol. The van der Waals surface area contributed by atoms with Gasteiger partial charge in [-0.2, -0.15) is 0 Å². The molecule has 40 heavy (non-hydrogen) atoms. The molecule has 3 aromatic carbocycles. The highest BCUT2D eigenvalue weighted by Gasteiger charge is 2.48. The van der Waals surface area contributed by atoms with Crippen molar-refractivity contribution in [1.82, 2.24) is 4.98 Å². The van der Waals surface area contributed by atoms with Crippen LogP contribution in [0.2, 0.25) is 0 Å². The lowest BCUT2D eigenvalue weighted by Gasteiger charge is -2.23. The Kier molecular flexibility index (Phi) is 6.80. The number of hydrogen-bond donors (Lipinski definition) is 1. The van der Waals surface area contributed by atoms with Crippen molar-refractivity contribution in [1.29, 1.82) is 0 Å². The summed E-state index contributed by atoms with van der Waals surface area (Å²) in [4.78, 5) is 33.3. The van der Waals surface area contributed by atoms with Crippen LogP contribution < -0.4 is 14.4 Å². The molecule has 0 aliphatic carbocycles. The number of carbonyl (C=O) groups is 2. The lowest BCUT2D eigenvalue weighted by Crippen LogP contribution is -2.29. The molecule has 2 atom stereocenters. The van der Waals surface area contributed by atoms with E-state index in [9.17, 15) is 14.7 Å². The van der Waals surface area contributed by atoms with Crippen LogP contribution in [0.5, 0.6) is 11.5 Å². The molecule has 3 heterocycles. The highest BCUT2D eigenvalue weighted by atomic mass is 32.1. The Morgan fingerprint density at radius 1 is 1.12 bits per heavy atom. The van der Waals surface area contributed by atoms with Crippen molar-refractivity contribution in [2.24, 2.45) is 0 Å². The molecular formula is C32H30N2O5S. The van der Waals surface area contributed by atoms with E-state index in [1.165, 1.54) is 16.2 Å². The Hall–Kier alpha value is -4.17. The molecule has 2 aliphatic rings. The lowest BCUT2D eigenvalue weighted by molar-refractivity contribution is -0.132. The standard InChI is InChI=1S/C32H30N2O5S/c1-4-5-14-38-23-10-7-20(8-11-23)28-27(29(35)21-9-13-25-22(17-21)16-19(3)39-25)30(36)31(37)34(28)32-33-24-12-6-18(2)15-26(24)40-32/h6-13,15,17,19,28,35H,4-5,14,16H2,1-3H3/b29-27+/t19-,28+/m1/s1. The second-order valence-electron chi connectivity index (χ2n) is 10.4. The van der Waals surface area contributed by atoms with Crippen LogP contribution >= 0.6 is 11.3 Å². The summed E-state index contributed by atoms with van der Waals surface area (Å²) < 4.78 is 12.6. The van der Waals surface area contributed by atoms with E-state index in [0.29, 0.717) is 35.0 Å². The van der Waals surface area contributed by atoms with E-state index in [2.05, 4.69) is 6.92 Å². The average Bonchev–Trinajstić information content (AvgIpc) is 3.60. The molecule has 2 aliphatic heterocycles. The molecule has 204 valence electrons. The van der Waals surface area contributed by atoms with Gasteiger partial charge >= 0.3 is 5.91 Å². The first-order valence-corrected chi connectivity index (χ1v) is 14.4. The second kappa shape index (κ2) is 10.4. The van der Waals surface area contributed by atoms with Gasteiger partial charge in [-0.25, -0.2) is 4.98 Å². The number of anilines is 1. The third-order valence-electron chi connectivity index (χ3n) is 7.32. The molecule has 1 fully saturated rings. The number of fused-ring (bicyclic) bond motifs is 2. The molecule has 4 aromatic rings. The maximum Gasteiger partial charge on any atom is 0.301 e. The van der Waals surface area contributed by atoms with Gasteiger partial charge in [0, 0.05) is 12.0 Å². The van der Waals surface area contributed by atoms with Crippen LogP contribution in [-0.4, -0.2) is 34.5 Å². The number of rotatable bonds is 7. The van der Waals surface area contributed by atoms with Crippen LogP contribution in [0.3, 0.4) is 0 Å². The largest absolute Gasteiger partial charge is 0.507 e.